The van der Waals surface area contributed by atoms with Crippen LogP contribution in [-0.4, -0.2) is 24.0 Å². The molecule has 2 heteroatoms. The second kappa shape index (κ2) is 7.24. The SMILES string of the molecule is c1ccc(CN2CCCCCCC2)c(CNC2CC2)c1. The van der Waals surface area contributed by atoms with E-state index in [4.69, 9.17) is 0 Å². The lowest BCUT2D eigenvalue weighted by Crippen LogP contribution is -2.28. The van der Waals surface area contributed by atoms with Crippen molar-refractivity contribution in [3.63, 3.8) is 0 Å². The van der Waals surface area contributed by atoms with Crippen molar-refractivity contribution < 1.29 is 0 Å². The van der Waals surface area contributed by atoms with Gasteiger partial charge in [0.15, 0.2) is 0 Å². The monoisotopic (exact) mass is 272 g/mol. The number of nitrogens with one attached hydrogen (secondary N) is 1. The van der Waals surface area contributed by atoms with E-state index in [2.05, 4.69) is 34.5 Å². The lowest BCUT2D eigenvalue weighted by atomic mass is 10.0. The van der Waals surface area contributed by atoms with E-state index in [1.54, 1.807) is 0 Å². The highest BCUT2D eigenvalue weighted by Gasteiger charge is 2.20. The molecule has 0 radical (unpaired) electrons. The van der Waals surface area contributed by atoms with Crippen LogP contribution in [0.1, 0.15) is 56.1 Å². The summed E-state index contributed by atoms with van der Waals surface area (Å²) in [4.78, 5) is 2.66. The number of benzene rings is 1. The van der Waals surface area contributed by atoms with Gasteiger partial charge in [0.25, 0.3) is 0 Å². The highest BCUT2D eigenvalue weighted by Crippen LogP contribution is 2.21. The number of hydrogen-bond donors (Lipinski definition) is 1. The summed E-state index contributed by atoms with van der Waals surface area (Å²) in [5.74, 6) is 0. The Kier molecular flexibility index (Phi) is 5.10. The van der Waals surface area contributed by atoms with Crippen molar-refractivity contribution in [2.75, 3.05) is 13.1 Å². The molecule has 110 valence electrons. The number of rotatable bonds is 5. The number of likely N-dealkylation sites (tertiary alicyclic amines) is 1. The van der Waals surface area contributed by atoms with Crippen molar-refractivity contribution in [3.8, 4) is 0 Å². The van der Waals surface area contributed by atoms with Crippen LogP contribution in [0.25, 0.3) is 0 Å². The van der Waals surface area contributed by atoms with Gasteiger partial charge in [0.05, 0.1) is 0 Å². The Balaban J connectivity index is 1.59. The van der Waals surface area contributed by atoms with E-state index >= 15 is 0 Å². The van der Waals surface area contributed by atoms with Gasteiger partial charge in [-0.1, -0.05) is 43.5 Å². The third kappa shape index (κ3) is 4.32. The average molecular weight is 272 g/mol. The molecule has 0 bridgehead atoms. The maximum Gasteiger partial charge on any atom is 0.0236 e. The zero-order valence-corrected chi connectivity index (χ0v) is 12.6. The van der Waals surface area contributed by atoms with Crippen molar-refractivity contribution in [2.45, 2.75) is 64.1 Å². The molecule has 1 aliphatic heterocycles. The van der Waals surface area contributed by atoms with Crippen LogP contribution in [0.5, 0.6) is 0 Å². The van der Waals surface area contributed by atoms with E-state index in [1.807, 2.05) is 0 Å². The van der Waals surface area contributed by atoms with Crippen LogP contribution >= 0.6 is 0 Å². The minimum absolute atomic E-state index is 0.796. The quantitative estimate of drug-likeness (QED) is 0.879. The molecule has 0 atom stereocenters. The van der Waals surface area contributed by atoms with Gasteiger partial charge in [-0.15, -0.1) is 0 Å². The largest absolute Gasteiger partial charge is 0.310 e. The minimum atomic E-state index is 0.796. The average Bonchev–Trinajstić information content (AvgIpc) is 3.25. The van der Waals surface area contributed by atoms with Crippen LogP contribution < -0.4 is 5.32 Å². The number of nitrogens with zero attached hydrogens (tertiary/aromatic N) is 1. The fraction of sp³-hybridized carbons (Fsp3) is 0.667. The molecule has 0 spiro atoms. The molecule has 1 aromatic carbocycles. The first-order valence-corrected chi connectivity index (χ1v) is 8.44. The van der Waals surface area contributed by atoms with E-state index in [0.717, 1.165) is 19.1 Å². The summed E-state index contributed by atoms with van der Waals surface area (Å²) in [6.07, 6.45) is 9.77. The molecule has 3 rings (SSSR count). The fourth-order valence-corrected chi connectivity index (χ4v) is 3.14. The molecule has 0 amide bonds. The molecule has 2 aliphatic rings. The lowest BCUT2D eigenvalue weighted by Gasteiger charge is -2.25. The van der Waals surface area contributed by atoms with E-state index in [-0.39, 0.29) is 0 Å². The maximum atomic E-state index is 3.65. The predicted molar refractivity (Wildman–Crippen MR) is 84.7 cm³/mol. The summed E-state index contributed by atoms with van der Waals surface area (Å²) in [5.41, 5.74) is 3.03. The van der Waals surface area contributed by atoms with E-state index < -0.39 is 0 Å². The van der Waals surface area contributed by atoms with E-state index in [1.165, 1.54) is 69.2 Å². The summed E-state index contributed by atoms with van der Waals surface area (Å²) in [7, 11) is 0. The van der Waals surface area contributed by atoms with Crippen LogP contribution in [0, 0.1) is 0 Å². The summed E-state index contributed by atoms with van der Waals surface area (Å²) in [6, 6.07) is 9.79. The molecule has 1 heterocycles. The summed E-state index contributed by atoms with van der Waals surface area (Å²) >= 11 is 0. The van der Waals surface area contributed by atoms with Crippen LogP contribution in [0.3, 0.4) is 0 Å². The molecule has 2 nitrogen and oxygen atoms in total. The molecule has 20 heavy (non-hydrogen) atoms. The van der Waals surface area contributed by atoms with Crippen LogP contribution in [-0.2, 0) is 13.1 Å². The second-order valence-corrected chi connectivity index (χ2v) is 6.47. The highest BCUT2D eigenvalue weighted by molar-refractivity contribution is 5.27. The first kappa shape index (κ1) is 14.1. The Labute approximate surface area is 123 Å². The van der Waals surface area contributed by atoms with Crippen molar-refractivity contribution in [1.82, 2.24) is 10.2 Å². The van der Waals surface area contributed by atoms with Gasteiger partial charge in [0.1, 0.15) is 0 Å². The standard InChI is InChI=1S/C18H28N2/c1-2-6-12-20(13-7-3-1)15-17-9-5-4-8-16(17)14-19-18-10-11-18/h4-5,8-9,18-19H,1-3,6-7,10-15H2. The van der Waals surface area contributed by atoms with Crippen molar-refractivity contribution in [2.24, 2.45) is 0 Å². The molecule has 1 saturated carbocycles. The molecule has 1 aromatic rings. The lowest BCUT2D eigenvalue weighted by molar-refractivity contribution is 0.239. The van der Waals surface area contributed by atoms with Crippen molar-refractivity contribution >= 4 is 0 Å². The van der Waals surface area contributed by atoms with Crippen LogP contribution in [0.4, 0.5) is 0 Å². The number of hydrogen-bond acceptors (Lipinski definition) is 2. The van der Waals surface area contributed by atoms with Crippen molar-refractivity contribution in [1.29, 1.82) is 0 Å². The van der Waals surface area contributed by atoms with Gasteiger partial charge in [-0.25, -0.2) is 0 Å². The second-order valence-electron chi connectivity index (χ2n) is 6.47. The van der Waals surface area contributed by atoms with E-state index in [9.17, 15) is 0 Å². The Hall–Kier alpha value is -0.860. The minimum Gasteiger partial charge on any atom is -0.310 e. The molecule has 1 aliphatic carbocycles. The Morgan fingerprint density at radius 3 is 2.25 bits per heavy atom. The fourth-order valence-electron chi connectivity index (χ4n) is 3.14. The summed E-state index contributed by atoms with van der Waals surface area (Å²) < 4.78 is 0. The van der Waals surface area contributed by atoms with Gasteiger partial charge >= 0.3 is 0 Å². The molecule has 0 aromatic heterocycles. The first-order chi connectivity index (χ1) is 9.92. The molecule has 2 fully saturated rings. The Morgan fingerprint density at radius 2 is 1.55 bits per heavy atom. The van der Waals surface area contributed by atoms with Gasteiger partial charge in [-0.2, -0.15) is 0 Å². The van der Waals surface area contributed by atoms with Gasteiger partial charge < -0.3 is 5.32 Å². The zero-order valence-electron chi connectivity index (χ0n) is 12.6. The molecule has 1 N–H and O–H groups in total. The van der Waals surface area contributed by atoms with Crippen LogP contribution in [0.2, 0.25) is 0 Å². The van der Waals surface area contributed by atoms with E-state index in [0.29, 0.717) is 0 Å². The van der Waals surface area contributed by atoms with Gasteiger partial charge in [-0.3, -0.25) is 4.90 Å². The molecule has 0 unspecified atom stereocenters. The summed E-state index contributed by atoms with van der Waals surface area (Å²) in [5, 5.41) is 3.65. The molecule has 1 saturated heterocycles. The topological polar surface area (TPSA) is 15.3 Å². The third-order valence-electron chi connectivity index (χ3n) is 4.62. The summed E-state index contributed by atoms with van der Waals surface area (Å²) in [6.45, 7) is 4.76. The normalized spacial score (nSPS) is 21.4. The molecular formula is C18H28N2. The maximum absolute atomic E-state index is 3.65. The predicted octanol–water partition coefficient (Wildman–Crippen LogP) is 3.70. The van der Waals surface area contributed by atoms with Crippen LogP contribution in [0.15, 0.2) is 24.3 Å². The molecular weight excluding hydrogens is 244 g/mol. The Morgan fingerprint density at radius 1 is 0.900 bits per heavy atom. The van der Waals surface area contributed by atoms with Crippen molar-refractivity contribution in [3.05, 3.63) is 35.4 Å². The third-order valence-corrected chi connectivity index (χ3v) is 4.62. The zero-order chi connectivity index (χ0) is 13.6. The van der Waals surface area contributed by atoms with Gasteiger partial charge in [0.2, 0.25) is 0 Å². The Bertz CT molecular complexity index is 404. The van der Waals surface area contributed by atoms with Gasteiger partial charge in [0, 0.05) is 19.1 Å². The van der Waals surface area contributed by atoms with Gasteiger partial charge in [-0.05, 0) is 49.9 Å². The smallest absolute Gasteiger partial charge is 0.0236 e. The first-order valence-electron chi connectivity index (χ1n) is 8.44. The highest BCUT2D eigenvalue weighted by atomic mass is 15.1.